The summed E-state index contributed by atoms with van der Waals surface area (Å²) in [5, 5.41) is 21.4. The van der Waals surface area contributed by atoms with Crippen molar-refractivity contribution in [2.24, 2.45) is 11.8 Å². The number of nitriles is 1. The van der Waals surface area contributed by atoms with E-state index in [9.17, 15) is 5.26 Å². The van der Waals surface area contributed by atoms with Gasteiger partial charge in [0, 0.05) is 25.7 Å². The SMILES string of the molecule is Cc1nnc(N2CC3CNCC3C2C)c(C#N)c1C. The van der Waals surface area contributed by atoms with E-state index >= 15 is 0 Å². The van der Waals surface area contributed by atoms with Gasteiger partial charge in [-0.05, 0) is 38.2 Å². The smallest absolute Gasteiger partial charge is 0.169 e. The topological polar surface area (TPSA) is 64.8 Å². The van der Waals surface area contributed by atoms with Crippen molar-refractivity contribution >= 4 is 5.82 Å². The quantitative estimate of drug-likeness (QED) is 0.813. The van der Waals surface area contributed by atoms with Crippen molar-refractivity contribution in [3.05, 3.63) is 16.8 Å². The predicted molar refractivity (Wildman–Crippen MR) is 72.9 cm³/mol. The highest BCUT2D eigenvalue weighted by molar-refractivity contribution is 5.58. The monoisotopic (exact) mass is 257 g/mol. The molecule has 0 spiro atoms. The van der Waals surface area contributed by atoms with E-state index in [0.717, 1.165) is 36.7 Å². The van der Waals surface area contributed by atoms with Crippen LogP contribution in [0.15, 0.2) is 0 Å². The average molecular weight is 257 g/mol. The van der Waals surface area contributed by atoms with Crippen LogP contribution >= 0.6 is 0 Å². The van der Waals surface area contributed by atoms with Crippen LogP contribution in [0.25, 0.3) is 0 Å². The molecule has 2 fully saturated rings. The molecule has 0 aromatic carbocycles. The summed E-state index contributed by atoms with van der Waals surface area (Å²) in [5.41, 5.74) is 2.48. The minimum Gasteiger partial charge on any atom is -0.351 e. The van der Waals surface area contributed by atoms with Crippen molar-refractivity contribution in [2.75, 3.05) is 24.5 Å². The van der Waals surface area contributed by atoms with E-state index in [0.29, 0.717) is 23.4 Å². The van der Waals surface area contributed by atoms with Gasteiger partial charge in [-0.25, -0.2) is 0 Å². The van der Waals surface area contributed by atoms with E-state index in [-0.39, 0.29) is 0 Å². The van der Waals surface area contributed by atoms with Gasteiger partial charge in [-0.3, -0.25) is 0 Å². The average Bonchev–Trinajstić information content (AvgIpc) is 2.96. The van der Waals surface area contributed by atoms with Crippen LogP contribution in [0.1, 0.15) is 23.7 Å². The molecule has 100 valence electrons. The molecular weight excluding hydrogens is 238 g/mol. The van der Waals surface area contributed by atoms with Crippen LogP contribution in [-0.2, 0) is 0 Å². The zero-order chi connectivity index (χ0) is 13.6. The van der Waals surface area contributed by atoms with E-state index in [2.05, 4.69) is 33.4 Å². The maximum atomic E-state index is 9.42. The molecule has 1 aromatic rings. The van der Waals surface area contributed by atoms with Crippen molar-refractivity contribution in [3.8, 4) is 6.07 Å². The first-order chi connectivity index (χ1) is 9.13. The van der Waals surface area contributed by atoms with Gasteiger partial charge in [0.05, 0.1) is 5.69 Å². The lowest BCUT2D eigenvalue weighted by molar-refractivity contribution is 0.471. The van der Waals surface area contributed by atoms with E-state index in [1.165, 1.54) is 0 Å². The molecule has 3 atom stereocenters. The Morgan fingerprint density at radius 3 is 2.79 bits per heavy atom. The Morgan fingerprint density at radius 1 is 1.32 bits per heavy atom. The fourth-order valence-electron chi connectivity index (χ4n) is 3.38. The van der Waals surface area contributed by atoms with E-state index in [4.69, 9.17) is 0 Å². The highest BCUT2D eigenvalue weighted by Gasteiger charge is 2.43. The number of aromatic nitrogens is 2. The van der Waals surface area contributed by atoms with Gasteiger partial charge in [0.1, 0.15) is 11.6 Å². The van der Waals surface area contributed by atoms with Crippen LogP contribution in [0.2, 0.25) is 0 Å². The maximum Gasteiger partial charge on any atom is 0.169 e. The summed E-state index contributed by atoms with van der Waals surface area (Å²) in [6.45, 7) is 9.21. The van der Waals surface area contributed by atoms with Crippen LogP contribution in [0.5, 0.6) is 0 Å². The number of nitrogens with zero attached hydrogens (tertiary/aromatic N) is 4. The molecule has 2 aliphatic heterocycles. The first-order valence-corrected chi connectivity index (χ1v) is 6.84. The minimum absolute atomic E-state index is 0.420. The standard InChI is InChI=1S/C14H19N5/c1-8-9(2)17-18-14(12(8)4-15)19-7-11-5-16-6-13(11)10(19)3/h10-11,13,16H,5-7H2,1-3H3. The molecule has 2 aliphatic rings. The van der Waals surface area contributed by atoms with Crippen molar-refractivity contribution < 1.29 is 0 Å². The molecule has 1 aromatic heterocycles. The third kappa shape index (κ3) is 1.79. The number of nitrogens with one attached hydrogen (secondary N) is 1. The third-order valence-electron chi connectivity index (χ3n) is 4.75. The van der Waals surface area contributed by atoms with Crippen LogP contribution < -0.4 is 10.2 Å². The molecule has 0 amide bonds. The van der Waals surface area contributed by atoms with Gasteiger partial charge >= 0.3 is 0 Å². The predicted octanol–water partition coefficient (Wildman–Crippen LogP) is 1.01. The summed E-state index contributed by atoms with van der Waals surface area (Å²) in [6, 6.07) is 2.73. The van der Waals surface area contributed by atoms with Crippen LogP contribution in [0, 0.1) is 37.0 Å². The van der Waals surface area contributed by atoms with Gasteiger partial charge in [0.2, 0.25) is 0 Å². The molecule has 0 radical (unpaired) electrons. The number of hydrogen-bond donors (Lipinski definition) is 1. The zero-order valence-electron chi connectivity index (χ0n) is 11.6. The van der Waals surface area contributed by atoms with Crippen molar-refractivity contribution in [3.63, 3.8) is 0 Å². The molecule has 0 bridgehead atoms. The Bertz CT molecular complexity index is 548. The summed E-state index contributed by atoms with van der Waals surface area (Å²) >= 11 is 0. The van der Waals surface area contributed by atoms with E-state index < -0.39 is 0 Å². The summed E-state index contributed by atoms with van der Waals surface area (Å²) in [6.07, 6.45) is 0. The number of rotatable bonds is 1. The molecule has 5 heteroatoms. The van der Waals surface area contributed by atoms with Gasteiger partial charge in [-0.15, -0.1) is 5.10 Å². The lowest BCUT2D eigenvalue weighted by Gasteiger charge is -2.26. The van der Waals surface area contributed by atoms with Crippen molar-refractivity contribution in [1.29, 1.82) is 5.26 Å². The fraction of sp³-hybridized carbons (Fsp3) is 0.643. The number of fused-ring (bicyclic) bond motifs is 1. The Morgan fingerprint density at radius 2 is 2.11 bits per heavy atom. The zero-order valence-corrected chi connectivity index (χ0v) is 11.6. The first-order valence-electron chi connectivity index (χ1n) is 6.84. The highest BCUT2D eigenvalue weighted by Crippen LogP contribution is 2.36. The Labute approximate surface area is 113 Å². The normalized spacial score (nSPS) is 29.4. The second kappa shape index (κ2) is 4.46. The fourth-order valence-corrected chi connectivity index (χ4v) is 3.38. The molecule has 3 heterocycles. The summed E-state index contributed by atoms with van der Waals surface area (Å²) in [4.78, 5) is 2.27. The Hall–Kier alpha value is -1.67. The van der Waals surface area contributed by atoms with Crippen molar-refractivity contribution in [2.45, 2.75) is 26.8 Å². The van der Waals surface area contributed by atoms with Crippen LogP contribution in [0.4, 0.5) is 5.82 Å². The summed E-state index contributed by atoms with van der Waals surface area (Å²) in [7, 11) is 0. The second-order valence-electron chi connectivity index (χ2n) is 5.70. The molecule has 0 aliphatic carbocycles. The molecular formula is C14H19N5. The number of anilines is 1. The maximum absolute atomic E-state index is 9.42. The molecule has 19 heavy (non-hydrogen) atoms. The van der Waals surface area contributed by atoms with Gasteiger partial charge < -0.3 is 10.2 Å². The number of hydrogen-bond acceptors (Lipinski definition) is 5. The van der Waals surface area contributed by atoms with Gasteiger partial charge in [0.15, 0.2) is 5.82 Å². The molecule has 3 unspecified atom stereocenters. The lowest BCUT2D eigenvalue weighted by Crippen LogP contribution is -2.34. The summed E-state index contributed by atoms with van der Waals surface area (Å²) < 4.78 is 0. The number of aryl methyl sites for hydroxylation is 1. The van der Waals surface area contributed by atoms with Gasteiger partial charge in [0.25, 0.3) is 0 Å². The molecule has 3 rings (SSSR count). The Balaban J connectivity index is 2.00. The molecule has 0 saturated carbocycles. The molecule has 1 N–H and O–H groups in total. The van der Waals surface area contributed by atoms with Crippen molar-refractivity contribution in [1.82, 2.24) is 15.5 Å². The largest absolute Gasteiger partial charge is 0.351 e. The minimum atomic E-state index is 0.420. The van der Waals surface area contributed by atoms with Crippen LogP contribution in [0.3, 0.4) is 0 Å². The third-order valence-corrected chi connectivity index (χ3v) is 4.75. The molecule has 5 nitrogen and oxygen atoms in total. The van der Waals surface area contributed by atoms with Gasteiger partial charge in [-0.2, -0.15) is 10.4 Å². The molecule has 2 saturated heterocycles. The lowest BCUT2D eigenvalue weighted by atomic mass is 9.95. The highest BCUT2D eigenvalue weighted by atomic mass is 15.3. The summed E-state index contributed by atoms with van der Waals surface area (Å²) in [5.74, 6) is 2.10. The second-order valence-corrected chi connectivity index (χ2v) is 5.70. The van der Waals surface area contributed by atoms with E-state index in [1.807, 2.05) is 13.8 Å². The van der Waals surface area contributed by atoms with E-state index in [1.54, 1.807) is 0 Å². The first kappa shape index (κ1) is 12.4. The van der Waals surface area contributed by atoms with Gasteiger partial charge in [-0.1, -0.05) is 0 Å². The Kier molecular flexibility index (Phi) is 2.90. The van der Waals surface area contributed by atoms with Crippen LogP contribution in [-0.4, -0.2) is 35.9 Å².